The average Bonchev–Trinajstić information content (AvgIpc) is 2.28. The van der Waals surface area contributed by atoms with Gasteiger partial charge in [-0.2, -0.15) is 0 Å². The summed E-state index contributed by atoms with van der Waals surface area (Å²) in [7, 11) is 1.54. The molecule has 4 heteroatoms. The lowest BCUT2D eigenvalue weighted by molar-refractivity contribution is 0.0958. The first-order valence-corrected chi connectivity index (χ1v) is 5.39. The van der Waals surface area contributed by atoms with Crippen LogP contribution in [0.5, 0.6) is 5.75 Å². The molecule has 0 saturated heterocycles. The number of carbonyl (C=O) groups excluding carboxylic acids is 1. The number of allylic oxidation sites excluding steroid dienone is 1. The first kappa shape index (κ1) is 13.1. The lowest BCUT2D eigenvalue weighted by Gasteiger charge is -2.07. The zero-order valence-corrected chi connectivity index (χ0v) is 10.4. The van der Waals surface area contributed by atoms with E-state index < -0.39 is 0 Å². The van der Waals surface area contributed by atoms with Crippen LogP contribution in [0.3, 0.4) is 0 Å². The van der Waals surface area contributed by atoms with E-state index in [1.807, 2.05) is 19.9 Å². The summed E-state index contributed by atoms with van der Waals surface area (Å²) in [5.41, 5.74) is 7.89. The van der Waals surface area contributed by atoms with Crippen LogP contribution in [0.15, 0.2) is 29.8 Å². The fourth-order valence-electron chi connectivity index (χ4n) is 1.33. The van der Waals surface area contributed by atoms with Gasteiger partial charge in [0.15, 0.2) is 0 Å². The van der Waals surface area contributed by atoms with Gasteiger partial charge < -0.3 is 15.8 Å². The standard InChI is InChI=1S/C13H18N2O2/c1-9(2)6-7-15-13(16)10-4-5-12(17-3)11(14)8-10/h4-6,8H,7,14H2,1-3H3,(H,15,16). The zero-order chi connectivity index (χ0) is 12.8. The van der Waals surface area contributed by atoms with E-state index in [0.29, 0.717) is 23.5 Å². The van der Waals surface area contributed by atoms with Gasteiger partial charge in [0.25, 0.3) is 5.91 Å². The van der Waals surface area contributed by atoms with E-state index in [-0.39, 0.29) is 5.91 Å². The highest BCUT2D eigenvalue weighted by molar-refractivity contribution is 5.95. The number of nitrogens with two attached hydrogens (primary N) is 1. The minimum absolute atomic E-state index is 0.142. The van der Waals surface area contributed by atoms with E-state index in [4.69, 9.17) is 10.5 Å². The van der Waals surface area contributed by atoms with Crippen LogP contribution in [0.25, 0.3) is 0 Å². The number of carbonyl (C=O) groups is 1. The molecule has 0 aliphatic carbocycles. The molecular weight excluding hydrogens is 216 g/mol. The Labute approximate surface area is 101 Å². The van der Waals surface area contributed by atoms with Gasteiger partial charge in [-0.05, 0) is 32.0 Å². The second-order valence-corrected chi connectivity index (χ2v) is 3.95. The Balaban J connectivity index is 2.70. The number of amides is 1. The fraction of sp³-hybridized carbons (Fsp3) is 0.308. The quantitative estimate of drug-likeness (QED) is 0.618. The van der Waals surface area contributed by atoms with Gasteiger partial charge in [0.1, 0.15) is 5.75 Å². The third kappa shape index (κ3) is 3.83. The van der Waals surface area contributed by atoms with Crippen LogP contribution >= 0.6 is 0 Å². The molecule has 1 rings (SSSR count). The SMILES string of the molecule is COc1ccc(C(=O)NCC=C(C)C)cc1N. The van der Waals surface area contributed by atoms with Gasteiger partial charge in [-0.3, -0.25) is 4.79 Å². The van der Waals surface area contributed by atoms with Crippen molar-refractivity contribution in [2.24, 2.45) is 0 Å². The molecule has 0 bridgehead atoms. The molecule has 0 aliphatic heterocycles. The molecule has 0 heterocycles. The van der Waals surface area contributed by atoms with Crippen molar-refractivity contribution in [2.45, 2.75) is 13.8 Å². The molecule has 0 radical (unpaired) electrons. The highest BCUT2D eigenvalue weighted by atomic mass is 16.5. The molecule has 17 heavy (non-hydrogen) atoms. The van der Waals surface area contributed by atoms with Crippen molar-refractivity contribution < 1.29 is 9.53 Å². The maximum atomic E-state index is 11.7. The Morgan fingerprint density at radius 1 is 1.47 bits per heavy atom. The van der Waals surface area contributed by atoms with Gasteiger partial charge in [-0.1, -0.05) is 11.6 Å². The summed E-state index contributed by atoms with van der Waals surface area (Å²) in [5.74, 6) is 0.433. The summed E-state index contributed by atoms with van der Waals surface area (Å²) in [6, 6.07) is 4.98. The summed E-state index contributed by atoms with van der Waals surface area (Å²) in [6.07, 6.45) is 1.95. The molecule has 0 atom stereocenters. The topological polar surface area (TPSA) is 64.3 Å². The van der Waals surface area contributed by atoms with E-state index in [2.05, 4.69) is 5.32 Å². The van der Waals surface area contributed by atoms with E-state index in [0.717, 1.165) is 0 Å². The van der Waals surface area contributed by atoms with Crippen LogP contribution in [0.2, 0.25) is 0 Å². The monoisotopic (exact) mass is 234 g/mol. The number of hydrogen-bond acceptors (Lipinski definition) is 3. The van der Waals surface area contributed by atoms with Crippen LogP contribution < -0.4 is 15.8 Å². The Hall–Kier alpha value is -1.97. The second kappa shape index (κ2) is 5.94. The number of hydrogen-bond donors (Lipinski definition) is 2. The summed E-state index contributed by atoms with van der Waals surface area (Å²) in [6.45, 7) is 4.49. The van der Waals surface area contributed by atoms with Crippen LogP contribution in [-0.4, -0.2) is 19.6 Å². The lowest BCUT2D eigenvalue weighted by atomic mass is 10.1. The largest absolute Gasteiger partial charge is 0.495 e. The molecule has 4 nitrogen and oxygen atoms in total. The predicted octanol–water partition coefficient (Wildman–Crippen LogP) is 1.97. The minimum atomic E-state index is -0.142. The Morgan fingerprint density at radius 3 is 2.71 bits per heavy atom. The maximum absolute atomic E-state index is 11.7. The molecule has 92 valence electrons. The fourth-order valence-corrected chi connectivity index (χ4v) is 1.33. The molecule has 0 aliphatic rings. The van der Waals surface area contributed by atoms with Gasteiger partial charge in [-0.15, -0.1) is 0 Å². The maximum Gasteiger partial charge on any atom is 0.251 e. The number of nitrogen functional groups attached to an aromatic ring is 1. The first-order valence-electron chi connectivity index (χ1n) is 5.39. The van der Waals surface area contributed by atoms with Crippen LogP contribution in [0.4, 0.5) is 5.69 Å². The average molecular weight is 234 g/mol. The number of benzene rings is 1. The van der Waals surface area contributed by atoms with Gasteiger partial charge in [-0.25, -0.2) is 0 Å². The summed E-state index contributed by atoms with van der Waals surface area (Å²) >= 11 is 0. The van der Waals surface area contributed by atoms with Crippen molar-refractivity contribution in [1.29, 1.82) is 0 Å². The molecule has 0 spiro atoms. The smallest absolute Gasteiger partial charge is 0.251 e. The van der Waals surface area contributed by atoms with Crippen LogP contribution in [0.1, 0.15) is 24.2 Å². The third-order valence-corrected chi connectivity index (χ3v) is 2.26. The van der Waals surface area contributed by atoms with Gasteiger partial charge >= 0.3 is 0 Å². The molecule has 3 N–H and O–H groups in total. The van der Waals surface area contributed by atoms with Crippen LogP contribution in [-0.2, 0) is 0 Å². The first-order chi connectivity index (χ1) is 8.04. The molecular formula is C13H18N2O2. The summed E-state index contributed by atoms with van der Waals surface area (Å²) in [4.78, 5) is 11.7. The third-order valence-electron chi connectivity index (χ3n) is 2.26. The highest BCUT2D eigenvalue weighted by Crippen LogP contribution is 2.21. The molecule has 1 amide bonds. The van der Waals surface area contributed by atoms with Gasteiger partial charge in [0.05, 0.1) is 12.8 Å². The number of nitrogens with one attached hydrogen (secondary N) is 1. The molecule has 0 saturated carbocycles. The highest BCUT2D eigenvalue weighted by Gasteiger charge is 2.07. The predicted molar refractivity (Wildman–Crippen MR) is 69.2 cm³/mol. The Bertz CT molecular complexity index is 435. The lowest BCUT2D eigenvalue weighted by Crippen LogP contribution is -2.23. The molecule has 0 fully saturated rings. The van der Waals surface area contributed by atoms with Gasteiger partial charge in [0.2, 0.25) is 0 Å². The minimum Gasteiger partial charge on any atom is -0.495 e. The van der Waals surface area contributed by atoms with Crippen molar-refractivity contribution in [3.8, 4) is 5.75 Å². The number of ether oxygens (including phenoxy) is 1. The molecule has 1 aromatic carbocycles. The van der Waals surface area contributed by atoms with Crippen molar-refractivity contribution in [1.82, 2.24) is 5.32 Å². The van der Waals surface area contributed by atoms with Gasteiger partial charge in [0, 0.05) is 12.1 Å². The van der Waals surface area contributed by atoms with E-state index in [1.54, 1.807) is 25.3 Å². The van der Waals surface area contributed by atoms with Crippen molar-refractivity contribution in [3.05, 3.63) is 35.4 Å². The summed E-state index contributed by atoms with van der Waals surface area (Å²) in [5, 5.41) is 2.78. The van der Waals surface area contributed by atoms with Crippen LogP contribution in [0, 0.1) is 0 Å². The molecule has 0 aromatic heterocycles. The second-order valence-electron chi connectivity index (χ2n) is 3.95. The van der Waals surface area contributed by atoms with E-state index >= 15 is 0 Å². The number of rotatable bonds is 4. The van der Waals surface area contributed by atoms with Crippen molar-refractivity contribution in [2.75, 3.05) is 19.4 Å². The summed E-state index contributed by atoms with van der Waals surface area (Å²) < 4.78 is 5.03. The number of anilines is 1. The molecule has 0 unspecified atom stereocenters. The zero-order valence-electron chi connectivity index (χ0n) is 10.4. The Kier molecular flexibility index (Phi) is 4.57. The molecule has 1 aromatic rings. The van der Waals surface area contributed by atoms with E-state index in [9.17, 15) is 4.79 Å². The van der Waals surface area contributed by atoms with Crippen molar-refractivity contribution >= 4 is 11.6 Å². The normalized spacial score (nSPS) is 9.59. The Morgan fingerprint density at radius 2 is 2.18 bits per heavy atom. The number of methoxy groups -OCH3 is 1. The van der Waals surface area contributed by atoms with E-state index in [1.165, 1.54) is 5.57 Å². The van der Waals surface area contributed by atoms with Crippen molar-refractivity contribution in [3.63, 3.8) is 0 Å².